The monoisotopic (exact) mass is 402 g/mol. The van der Waals surface area contributed by atoms with E-state index in [0.29, 0.717) is 0 Å². The number of ketones is 2. The first-order valence-corrected chi connectivity index (χ1v) is 7.72. The summed E-state index contributed by atoms with van der Waals surface area (Å²) in [6.45, 7) is 2.13. The molecule has 26 heavy (non-hydrogen) atoms. The highest BCUT2D eigenvalue weighted by Crippen LogP contribution is 2.45. The minimum atomic E-state index is -4.98. The first kappa shape index (κ1) is 24.7. The number of rotatable bonds is 9. The summed E-state index contributed by atoms with van der Waals surface area (Å²) in [5.41, 5.74) is -2.84. The van der Waals surface area contributed by atoms with Crippen LogP contribution in [0.1, 0.15) is 52.4 Å². The van der Waals surface area contributed by atoms with Crippen LogP contribution in [0.4, 0.5) is 39.5 Å². The van der Waals surface area contributed by atoms with E-state index in [4.69, 9.17) is 0 Å². The average molecular weight is 402 g/mol. The molecule has 0 aromatic heterocycles. The summed E-state index contributed by atoms with van der Waals surface area (Å²) in [5, 5.41) is 0. The quantitative estimate of drug-likeness (QED) is 0.361. The van der Waals surface area contributed by atoms with Gasteiger partial charge < -0.3 is 0 Å². The summed E-state index contributed by atoms with van der Waals surface area (Å²) in [6, 6.07) is 0. The van der Waals surface area contributed by atoms with E-state index in [-0.39, 0.29) is 0 Å². The molecule has 0 aliphatic carbocycles. The molecule has 154 valence electrons. The average Bonchev–Trinajstić information content (AvgIpc) is 2.34. The molecule has 0 radical (unpaired) electrons. The van der Waals surface area contributed by atoms with Crippen LogP contribution in [0, 0.1) is 11.3 Å². The van der Waals surface area contributed by atoms with Crippen molar-refractivity contribution in [2.75, 3.05) is 0 Å². The third-order valence-electron chi connectivity index (χ3n) is 4.20. The number of alkyl halides is 9. The van der Waals surface area contributed by atoms with Crippen molar-refractivity contribution in [1.82, 2.24) is 0 Å². The van der Waals surface area contributed by atoms with E-state index in [0.717, 1.165) is 13.8 Å². The Balaban J connectivity index is 5.24. The maximum atomic E-state index is 13.2. The molecule has 0 bridgehead atoms. The van der Waals surface area contributed by atoms with E-state index in [1.807, 2.05) is 0 Å². The Labute approximate surface area is 144 Å². The zero-order valence-electron chi connectivity index (χ0n) is 14.0. The van der Waals surface area contributed by atoms with Gasteiger partial charge in [0.1, 0.15) is 11.2 Å². The van der Waals surface area contributed by atoms with Crippen LogP contribution in [-0.4, -0.2) is 30.1 Å². The van der Waals surface area contributed by atoms with Crippen LogP contribution in [-0.2, 0) is 9.59 Å². The Morgan fingerprint density at radius 2 is 1.15 bits per heavy atom. The smallest absolute Gasteiger partial charge is 0.299 e. The van der Waals surface area contributed by atoms with E-state index in [1.54, 1.807) is 0 Å². The molecule has 0 atom stereocenters. The van der Waals surface area contributed by atoms with Gasteiger partial charge in [-0.25, -0.2) is 0 Å². The van der Waals surface area contributed by atoms with Gasteiger partial charge >= 0.3 is 18.5 Å². The Morgan fingerprint density at radius 1 is 0.769 bits per heavy atom. The molecule has 0 aromatic carbocycles. The molecule has 0 aliphatic rings. The van der Waals surface area contributed by atoms with Crippen LogP contribution in [0.15, 0.2) is 0 Å². The van der Waals surface area contributed by atoms with E-state index in [9.17, 15) is 49.1 Å². The lowest BCUT2D eigenvalue weighted by Crippen LogP contribution is -2.45. The first-order chi connectivity index (χ1) is 11.5. The van der Waals surface area contributed by atoms with Crippen molar-refractivity contribution in [3.05, 3.63) is 0 Å². The van der Waals surface area contributed by atoms with Crippen molar-refractivity contribution in [2.24, 2.45) is 11.3 Å². The van der Waals surface area contributed by atoms with Crippen LogP contribution in [0.3, 0.4) is 0 Å². The van der Waals surface area contributed by atoms with Crippen LogP contribution in [0.5, 0.6) is 0 Å². The van der Waals surface area contributed by atoms with Crippen molar-refractivity contribution in [3.8, 4) is 0 Å². The van der Waals surface area contributed by atoms with Gasteiger partial charge in [-0.2, -0.15) is 39.5 Å². The fourth-order valence-electron chi connectivity index (χ4n) is 2.82. The van der Waals surface area contributed by atoms with Gasteiger partial charge in [-0.3, -0.25) is 9.59 Å². The number of Topliss-reactive ketones (excluding diaryl/α,β-unsaturated/α-hetero) is 2. The SMILES string of the molecule is CCC(CC)(C(=O)CC(=O)CC(CC(F)(F)F)CC(F)(F)F)C(F)(F)F. The predicted molar refractivity (Wildman–Crippen MR) is 73.2 cm³/mol. The van der Waals surface area contributed by atoms with Crippen LogP contribution >= 0.6 is 0 Å². The van der Waals surface area contributed by atoms with E-state index >= 15 is 0 Å². The molecule has 0 heterocycles. The highest BCUT2D eigenvalue weighted by atomic mass is 19.4. The van der Waals surface area contributed by atoms with Crippen molar-refractivity contribution in [3.63, 3.8) is 0 Å². The summed E-state index contributed by atoms with van der Waals surface area (Å²) in [7, 11) is 0. The lowest BCUT2D eigenvalue weighted by Gasteiger charge is -2.32. The second-order valence-corrected chi connectivity index (χ2v) is 6.13. The maximum absolute atomic E-state index is 13.2. The summed E-state index contributed by atoms with van der Waals surface area (Å²) in [5.74, 6) is -5.10. The van der Waals surface area contributed by atoms with Crippen LogP contribution in [0.2, 0.25) is 0 Å². The molecule has 0 N–H and O–H groups in total. The van der Waals surface area contributed by atoms with Gasteiger partial charge in [0.15, 0.2) is 5.78 Å². The second-order valence-electron chi connectivity index (χ2n) is 6.13. The number of hydrogen-bond acceptors (Lipinski definition) is 2. The minimum absolute atomic E-state index is 0.687. The molecule has 0 fully saturated rings. The molecule has 0 saturated carbocycles. The Morgan fingerprint density at radius 3 is 1.42 bits per heavy atom. The fraction of sp³-hybridized carbons (Fsp3) is 0.867. The van der Waals surface area contributed by atoms with Gasteiger partial charge in [0.25, 0.3) is 0 Å². The summed E-state index contributed by atoms with van der Waals surface area (Å²) < 4.78 is 114. The van der Waals surface area contributed by atoms with Crippen LogP contribution < -0.4 is 0 Å². The third kappa shape index (κ3) is 7.53. The van der Waals surface area contributed by atoms with Gasteiger partial charge in [-0.1, -0.05) is 13.8 Å². The molecule has 0 unspecified atom stereocenters. The normalized spacial score (nSPS) is 14.0. The number of carbonyl (C=O) groups excluding carboxylic acids is 2. The summed E-state index contributed by atoms with van der Waals surface area (Å²) >= 11 is 0. The predicted octanol–water partition coefficient (Wildman–Crippen LogP) is 5.79. The number of carbonyl (C=O) groups is 2. The molecule has 0 amide bonds. The van der Waals surface area contributed by atoms with Crippen molar-refractivity contribution in [2.45, 2.75) is 70.9 Å². The zero-order valence-corrected chi connectivity index (χ0v) is 14.0. The van der Waals surface area contributed by atoms with E-state index in [2.05, 4.69) is 0 Å². The minimum Gasteiger partial charge on any atom is -0.299 e. The second kappa shape index (κ2) is 8.60. The zero-order chi connectivity index (χ0) is 21.0. The molecule has 0 aliphatic heterocycles. The Kier molecular flexibility index (Phi) is 8.17. The Bertz CT molecular complexity index is 469. The molecule has 0 rings (SSSR count). The lowest BCUT2D eigenvalue weighted by atomic mass is 9.75. The van der Waals surface area contributed by atoms with Crippen LogP contribution in [0.25, 0.3) is 0 Å². The van der Waals surface area contributed by atoms with Crippen molar-refractivity contribution >= 4 is 11.6 Å². The highest BCUT2D eigenvalue weighted by Gasteiger charge is 2.57. The molecular formula is C15H19F9O2. The van der Waals surface area contributed by atoms with E-state index in [1.165, 1.54) is 0 Å². The molecule has 0 aromatic rings. The van der Waals surface area contributed by atoms with Gasteiger partial charge in [-0.05, 0) is 18.8 Å². The van der Waals surface area contributed by atoms with Gasteiger partial charge in [0, 0.05) is 19.3 Å². The first-order valence-electron chi connectivity index (χ1n) is 7.72. The third-order valence-corrected chi connectivity index (χ3v) is 4.20. The molecule has 0 saturated heterocycles. The topological polar surface area (TPSA) is 34.1 Å². The summed E-state index contributed by atoms with van der Waals surface area (Å²) in [4.78, 5) is 23.7. The van der Waals surface area contributed by atoms with Gasteiger partial charge in [0.05, 0.1) is 6.42 Å². The number of halogens is 9. The van der Waals surface area contributed by atoms with Gasteiger partial charge in [0.2, 0.25) is 0 Å². The molecule has 0 spiro atoms. The molecule has 11 heteroatoms. The standard InChI is InChI=1S/C15H19F9O2/c1-3-12(4-2,15(22,23)24)11(26)6-10(25)5-9(7-13(16,17)18)8-14(19,20)21/h9H,3-8H2,1-2H3. The largest absolute Gasteiger partial charge is 0.401 e. The lowest BCUT2D eigenvalue weighted by molar-refractivity contribution is -0.222. The fourth-order valence-corrected chi connectivity index (χ4v) is 2.82. The maximum Gasteiger partial charge on any atom is 0.401 e. The van der Waals surface area contributed by atoms with Gasteiger partial charge in [-0.15, -0.1) is 0 Å². The highest BCUT2D eigenvalue weighted by molar-refractivity contribution is 6.02. The molecule has 2 nitrogen and oxygen atoms in total. The van der Waals surface area contributed by atoms with E-state index < -0.39 is 80.0 Å². The summed E-state index contributed by atoms with van der Waals surface area (Å²) in [6.07, 6.45) is -22.8. The number of hydrogen-bond donors (Lipinski definition) is 0. The van der Waals surface area contributed by atoms with Crippen molar-refractivity contribution < 1.29 is 49.1 Å². The van der Waals surface area contributed by atoms with Crippen molar-refractivity contribution in [1.29, 1.82) is 0 Å². The Hall–Kier alpha value is -1.29. The molecular weight excluding hydrogens is 383 g/mol.